The van der Waals surface area contributed by atoms with Crippen molar-refractivity contribution in [3.05, 3.63) is 23.8 Å². The van der Waals surface area contributed by atoms with E-state index in [4.69, 9.17) is 4.84 Å². The molecule has 0 bridgehead atoms. The molecule has 0 aliphatic heterocycles. The topological polar surface area (TPSA) is 65.0 Å². The van der Waals surface area contributed by atoms with Crippen molar-refractivity contribution < 1.29 is 19.2 Å². The standard InChI is InChI=1S/C21H27NO4/c1-4-5-6-15(2)20(23)10-9-16-7-8-17-13-18(14-19(16)17)22-26-12-11-21(24)25-3/h7,9-10,15,17,19H,6,8,11-14H2,1-3H3/b10-9-,22-18+/t15?,17-,19+/m1/s1. The minimum atomic E-state index is -0.298. The molecule has 0 aromatic carbocycles. The van der Waals surface area contributed by atoms with Crippen molar-refractivity contribution in [2.45, 2.75) is 46.0 Å². The van der Waals surface area contributed by atoms with E-state index in [9.17, 15) is 9.59 Å². The number of allylic oxidation sites excluding steroid dienone is 4. The highest BCUT2D eigenvalue weighted by Gasteiger charge is 2.36. The second kappa shape index (κ2) is 9.96. The van der Waals surface area contributed by atoms with Crippen molar-refractivity contribution in [2.24, 2.45) is 22.9 Å². The van der Waals surface area contributed by atoms with Gasteiger partial charge in [-0.2, -0.15) is 0 Å². The molecule has 2 aliphatic carbocycles. The van der Waals surface area contributed by atoms with Crippen LogP contribution in [0.3, 0.4) is 0 Å². The van der Waals surface area contributed by atoms with E-state index in [0.29, 0.717) is 18.3 Å². The normalized spacial score (nSPS) is 24.0. The highest BCUT2D eigenvalue weighted by molar-refractivity contribution is 5.92. The fraction of sp³-hybridized carbons (Fsp3) is 0.571. The lowest BCUT2D eigenvalue weighted by Gasteiger charge is -2.10. The lowest BCUT2D eigenvalue weighted by Crippen LogP contribution is -2.07. The number of fused-ring (bicyclic) bond motifs is 1. The van der Waals surface area contributed by atoms with E-state index in [-0.39, 0.29) is 30.7 Å². The first-order valence-corrected chi connectivity index (χ1v) is 9.11. The summed E-state index contributed by atoms with van der Waals surface area (Å²) in [6.45, 7) is 3.94. The van der Waals surface area contributed by atoms with E-state index in [1.807, 2.05) is 13.0 Å². The molecule has 0 amide bonds. The van der Waals surface area contributed by atoms with E-state index in [0.717, 1.165) is 25.0 Å². The number of ether oxygens (including phenoxy) is 1. The van der Waals surface area contributed by atoms with Gasteiger partial charge in [0.05, 0.1) is 19.2 Å². The predicted molar refractivity (Wildman–Crippen MR) is 100 cm³/mol. The number of carbonyl (C=O) groups is 2. The van der Waals surface area contributed by atoms with Crippen molar-refractivity contribution in [2.75, 3.05) is 13.7 Å². The molecule has 0 aromatic rings. The molecule has 5 nitrogen and oxygen atoms in total. The van der Waals surface area contributed by atoms with Gasteiger partial charge >= 0.3 is 5.97 Å². The van der Waals surface area contributed by atoms with E-state index in [2.05, 4.69) is 27.8 Å². The van der Waals surface area contributed by atoms with Gasteiger partial charge in [0.25, 0.3) is 0 Å². The second-order valence-corrected chi connectivity index (χ2v) is 6.80. The first-order chi connectivity index (χ1) is 12.5. The molecule has 1 unspecified atom stereocenters. The first kappa shape index (κ1) is 20.0. The zero-order chi connectivity index (χ0) is 18.9. The summed E-state index contributed by atoms with van der Waals surface area (Å²) in [5.74, 6) is 6.49. The van der Waals surface area contributed by atoms with Gasteiger partial charge in [-0.05, 0) is 49.7 Å². The Labute approximate surface area is 155 Å². The summed E-state index contributed by atoms with van der Waals surface area (Å²) in [6.07, 6.45) is 9.46. The third-order valence-electron chi connectivity index (χ3n) is 4.94. The number of nitrogens with zero attached hydrogens (tertiary/aromatic N) is 1. The van der Waals surface area contributed by atoms with Crippen LogP contribution in [0.25, 0.3) is 0 Å². The smallest absolute Gasteiger partial charge is 0.309 e. The van der Waals surface area contributed by atoms with Gasteiger partial charge < -0.3 is 9.57 Å². The Balaban J connectivity index is 1.83. The highest BCUT2D eigenvalue weighted by atomic mass is 16.6. The Morgan fingerprint density at radius 3 is 2.96 bits per heavy atom. The lowest BCUT2D eigenvalue weighted by atomic mass is 9.93. The fourth-order valence-electron chi connectivity index (χ4n) is 3.36. The van der Waals surface area contributed by atoms with Crippen LogP contribution in [-0.2, 0) is 19.2 Å². The maximum absolute atomic E-state index is 12.2. The summed E-state index contributed by atoms with van der Waals surface area (Å²) in [4.78, 5) is 28.4. The Morgan fingerprint density at radius 2 is 2.23 bits per heavy atom. The summed E-state index contributed by atoms with van der Waals surface area (Å²) < 4.78 is 4.56. The van der Waals surface area contributed by atoms with Crippen LogP contribution in [0.4, 0.5) is 0 Å². The molecule has 140 valence electrons. The predicted octanol–water partition coefficient (Wildman–Crippen LogP) is 3.45. The number of carbonyl (C=O) groups excluding carboxylic acids is 2. The van der Waals surface area contributed by atoms with Crippen molar-refractivity contribution in [1.82, 2.24) is 0 Å². The largest absolute Gasteiger partial charge is 0.469 e. The molecule has 1 fully saturated rings. The highest BCUT2D eigenvalue weighted by Crippen LogP contribution is 2.43. The molecular weight excluding hydrogens is 330 g/mol. The maximum atomic E-state index is 12.2. The second-order valence-electron chi connectivity index (χ2n) is 6.80. The third-order valence-corrected chi connectivity index (χ3v) is 4.94. The van der Waals surface area contributed by atoms with Gasteiger partial charge in [0, 0.05) is 12.3 Å². The SMILES string of the molecule is CC#CCC(C)C(=O)/C=C\C1=CC[C@@H]2C/C(=N\OCCC(=O)OC)C[C@@H]12. The minimum absolute atomic E-state index is 0.0691. The number of ketones is 1. The molecule has 3 atom stereocenters. The minimum Gasteiger partial charge on any atom is -0.469 e. The van der Waals surface area contributed by atoms with Crippen LogP contribution >= 0.6 is 0 Å². The molecule has 26 heavy (non-hydrogen) atoms. The molecule has 2 rings (SSSR count). The van der Waals surface area contributed by atoms with Crippen LogP contribution in [0.5, 0.6) is 0 Å². The van der Waals surface area contributed by atoms with E-state index < -0.39 is 0 Å². The summed E-state index contributed by atoms with van der Waals surface area (Å²) in [5.41, 5.74) is 2.25. The van der Waals surface area contributed by atoms with E-state index >= 15 is 0 Å². The van der Waals surface area contributed by atoms with Gasteiger partial charge in [0.15, 0.2) is 5.78 Å². The van der Waals surface area contributed by atoms with Crippen LogP contribution in [0.1, 0.15) is 46.0 Å². The third kappa shape index (κ3) is 5.59. The fourth-order valence-corrected chi connectivity index (χ4v) is 3.36. The lowest BCUT2D eigenvalue weighted by molar-refractivity contribution is -0.141. The average Bonchev–Trinajstić information content (AvgIpc) is 3.21. The van der Waals surface area contributed by atoms with Gasteiger partial charge in [0.2, 0.25) is 0 Å². The van der Waals surface area contributed by atoms with Crippen LogP contribution in [0, 0.1) is 29.6 Å². The number of esters is 1. The monoisotopic (exact) mass is 357 g/mol. The molecule has 0 saturated heterocycles. The Kier molecular flexibility index (Phi) is 7.65. The van der Waals surface area contributed by atoms with Crippen LogP contribution < -0.4 is 0 Å². The molecule has 0 aromatic heterocycles. The van der Waals surface area contributed by atoms with Crippen molar-refractivity contribution in [1.29, 1.82) is 0 Å². The van der Waals surface area contributed by atoms with E-state index in [1.54, 1.807) is 13.0 Å². The van der Waals surface area contributed by atoms with Gasteiger partial charge in [-0.15, -0.1) is 11.8 Å². The molecule has 0 radical (unpaired) electrons. The zero-order valence-electron chi connectivity index (χ0n) is 15.8. The number of oxime groups is 1. The summed E-state index contributed by atoms with van der Waals surface area (Å²) in [5, 5.41) is 4.18. The van der Waals surface area contributed by atoms with Gasteiger partial charge in [-0.25, -0.2) is 0 Å². The Hall–Kier alpha value is -2.35. The molecular formula is C21H27NO4. The first-order valence-electron chi connectivity index (χ1n) is 9.11. The van der Waals surface area contributed by atoms with Crippen LogP contribution in [0.2, 0.25) is 0 Å². The summed E-state index contributed by atoms with van der Waals surface area (Å²) >= 11 is 0. The number of hydrogen-bond acceptors (Lipinski definition) is 5. The molecule has 5 heteroatoms. The average molecular weight is 357 g/mol. The quantitative estimate of drug-likeness (QED) is 0.219. The van der Waals surface area contributed by atoms with Crippen molar-refractivity contribution >= 4 is 17.5 Å². The zero-order valence-corrected chi connectivity index (χ0v) is 15.8. The maximum Gasteiger partial charge on any atom is 0.309 e. The summed E-state index contributed by atoms with van der Waals surface area (Å²) in [6, 6.07) is 0. The van der Waals surface area contributed by atoms with Crippen molar-refractivity contribution in [3.8, 4) is 11.8 Å². The molecule has 0 heterocycles. The molecule has 1 saturated carbocycles. The van der Waals surface area contributed by atoms with Crippen LogP contribution in [-0.4, -0.2) is 31.2 Å². The van der Waals surface area contributed by atoms with Gasteiger partial charge in [-0.1, -0.05) is 24.2 Å². The molecule has 0 N–H and O–H groups in total. The van der Waals surface area contributed by atoms with E-state index in [1.165, 1.54) is 12.7 Å². The van der Waals surface area contributed by atoms with Crippen molar-refractivity contribution in [3.63, 3.8) is 0 Å². The number of rotatable bonds is 8. The number of hydrogen-bond donors (Lipinski definition) is 0. The number of methoxy groups -OCH3 is 1. The van der Waals surface area contributed by atoms with Gasteiger partial charge in [0.1, 0.15) is 6.61 Å². The Morgan fingerprint density at radius 1 is 1.42 bits per heavy atom. The Bertz CT molecular complexity index is 678. The molecule has 2 aliphatic rings. The van der Waals surface area contributed by atoms with Gasteiger partial charge in [-0.3, -0.25) is 9.59 Å². The molecule has 0 spiro atoms. The van der Waals surface area contributed by atoms with Crippen LogP contribution in [0.15, 0.2) is 29.0 Å². The summed E-state index contributed by atoms with van der Waals surface area (Å²) in [7, 11) is 1.36.